The van der Waals surface area contributed by atoms with Crippen LogP contribution >= 0.6 is 0 Å². The highest BCUT2D eigenvalue weighted by molar-refractivity contribution is 4.80. The van der Waals surface area contributed by atoms with Crippen LogP contribution in [-0.4, -0.2) is 10.9 Å². The largest absolute Gasteiger partial charge is 0.251 e. The molecule has 1 N–H and O–H groups in total. The van der Waals surface area contributed by atoms with Crippen molar-refractivity contribution in [2.24, 2.45) is 0 Å². The molecule has 0 rings (SSSR count). The highest BCUT2D eigenvalue weighted by Crippen LogP contribution is 2.31. The number of hydrogen-bond donors (Lipinski definition) is 1. The SMILES string of the molecule is CCCCCCC(CCCCC)(CCCCCC)OO. The Morgan fingerprint density at radius 3 is 1.30 bits per heavy atom. The molecule has 0 atom stereocenters. The van der Waals surface area contributed by atoms with Crippen LogP contribution in [0.4, 0.5) is 0 Å². The summed E-state index contributed by atoms with van der Waals surface area (Å²) in [7, 11) is 0. The maximum atomic E-state index is 9.49. The standard InChI is InChI=1S/C18H38O2/c1-4-7-10-13-16-18(20-19,15-12-9-6-3)17-14-11-8-5-2/h19H,4-17H2,1-3H3. The van der Waals surface area contributed by atoms with Gasteiger partial charge >= 0.3 is 0 Å². The molecule has 0 bridgehead atoms. The molecule has 2 heteroatoms. The third kappa shape index (κ3) is 9.77. The van der Waals surface area contributed by atoms with Gasteiger partial charge in [-0.2, -0.15) is 0 Å². The number of hydrogen-bond acceptors (Lipinski definition) is 2. The highest BCUT2D eigenvalue weighted by atomic mass is 17.1. The zero-order chi connectivity index (χ0) is 15.1. The zero-order valence-electron chi connectivity index (χ0n) is 14.3. The number of unbranched alkanes of at least 4 members (excludes halogenated alkanes) is 8. The molecule has 0 heterocycles. The van der Waals surface area contributed by atoms with Crippen LogP contribution in [0.2, 0.25) is 0 Å². The summed E-state index contributed by atoms with van der Waals surface area (Å²) in [6.07, 6.45) is 16.8. The third-order valence-electron chi connectivity index (χ3n) is 4.40. The van der Waals surface area contributed by atoms with Gasteiger partial charge in [0.05, 0.1) is 0 Å². The Hall–Kier alpha value is -0.0800. The summed E-state index contributed by atoms with van der Waals surface area (Å²) < 4.78 is 0. The van der Waals surface area contributed by atoms with Crippen LogP contribution < -0.4 is 0 Å². The lowest BCUT2D eigenvalue weighted by molar-refractivity contribution is -0.330. The van der Waals surface area contributed by atoms with E-state index in [4.69, 9.17) is 4.89 Å². The molecule has 0 radical (unpaired) electrons. The van der Waals surface area contributed by atoms with Crippen LogP contribution in [0.1, 0.15) is 111 Å². The molecule has 0 aromatic rings. The van der Waals surface area contributed by atoms with Crippen molar-refractivity contribution >= 4 is 0 Å². The molecule has 0 unspecified atom stereocenters. The maximum Gasteiger partial charge on any atom is 0.103 e. The molecule has 0 amide bonds. The lowest BCUT2D eigenvalue weighted by Gasteiger charge is -2.31. The second-order valence-electron chi connectivity index (χ2n) is 6.35. The lowest BCUT2D eigenvalue weighted by atomic mass is 9.85. The molecule has 0 saturated heterocycles. The van der Waals surface area contributed by atoms with Gasteiger partial charge in [-0.05, 0) is 19.3 Å². The molecule has 0 aliphatic heterocycles. The molecule has 0 fully saturated rings. The minimum atomic E-state index is -0.253. The molecule has 0 aromatic heterocycles. The van der Waals surface area contributed by atoms with Crippen molar-refractivity contribution in [3.8, 4) is 0 Å². The summed E-state index contributed by atoms with van der Waals surface area (Å²) in [4.78, 5) is 5.04. The molecular weight excluding hydrogens is 248 g/mol. The Bertz CT molecular complexity index is 180. The fraction of sp³-hybridized carbons (Fsp3) is 1.00. The van der Waals surface area contributed by atoms with Gasteiger partial charge in [0.25, 0.3) is 0 Å². The normalized spacial score (nSPS) is 12.0. The van der Waals surface area contributed by atoms with Gasteiger partial charge in [0, 0.05) is 0 Å². The van der Waals surface area contributed by atoms with Crippen molar-refractivity contribution < 1.29 is 10.1 Å². The van der Waals surface area contributed by atoms with Crippen molar-refractivity contribution in [1.29, 1.82) is 0 Å². The highest BCUT2D eigenvalue weighted by Gasteiger charge is 2.30. The van der Waals surface area contributed by atoms with Crippen LogP contribution in [0, 0.1) is 0 Å². The quantitative estimate of drug-likeness (QED) is 0.205. The van der Waals surface area contributed by atoms with E-state index in [9.17, 15) is 5.26 Å². The predicted octanol–water partition coefficient (Wildman–Crippen LogP) is 6.74. The first kappa shape index (κ1) is 19.9. The van der Waals surface area contributed by atoms with Gasteiger partial charge in [-0.15, -0.1) is 0 Å². The van der Waals surface area contributed by atoms with Crippen LogP contribution in [-0.2, 0) is 4.89 Å². The smallest absolute Gasteiger partial charge is 0.103 e. The molecule has 2 nitrogen and oxygen atoms in total. The number of rotatable bonds is 15. The fourth-order valence-corrected chi connectivity index (χ4v) is 2.96. The van der Waals surface area contributed by atoms with E-state index in [2.05, 4.69) is 20.8 Å². The zero-order valence-corrected chi connectivity index (χ0v) is 14.3. The summed E-state index contributed by atoms with van der Waals surface area (Å²) in [6.45, 7) is 6.70. The van der Waals surface area contributed by atoms with E-state index >= 15 is 0 Å². The summed E-state index contributed by atoms with van der Waals surface area (Å²) in [5.41, 5.74) is -0.253. The molecule has 0 spiro atoms. The Morgan fingerprint density at radius 2 is 0.950 bits per heavy atom. The summed E-state index contributed by atoms with van der Waals surface area (Å²) in [6, 6.07) is 0. The summed E-state index contributed by atoms with van der Waals surface area (Å²) in [5, 5.41) is 9.49. The Kier molecular flexibility index (Phi) is 13.8. The molecule has 0 aliphatic carbocycles. The first-order valence-corrected chi connectivity index (χ1v) is 9.07. The summed E-state index contributed by atoms with van der Waals surface area (Å²) in [5.74, 6) is 0. The predicted molar refractivity (Wildman–Crippen MR) is 88.1 cm³/mol. The monoisotopic (exact) mass is 286 g/mol. The van der Waals surface area contributed by atoms with E-state index < -0.39 is 0 Å². The van der Waals surface area contributed by atoms with Gasteiger partial charge in [-0.3, -0.25) is 5.26 Å². The topological polar surface area (TPSA) is 29.5 Å². The molecule has 0 aliphatic rings. The minimum Gasteiger partial charge on any atom is -0.251 e. The minimum absolute atomic E-state index is 0.253. The van der Waals surface area contributed by atoms with E-state index in [1.807, 2.05) is 0 Å². The van der Waals surface area contributed by atoms with Gasteiger partial charge in [-0.1, -0.05) is 91.4 Å². The van der Waals surface area contributed by atoms with Crippen molar-refractivity contribution in [1.82, 2.24) is 0 Å². The second-order valence-corrected chi connectivity index (χ2v) is 6.35. The van der Waals surface area contributed by atoms with Crippen LogP contribution in [0.15, 0.2) is 0 Å². The molecule has 122 valence electrons. The average Bonchev–Trinajstić information content (AvgIpc) is 2.47. The first-order valence-electron chi connectivity index (χ1n) is 9.07. The molecule has 0 saturated carbocycles. The third-order valence-corrected chi connectivity index (χ3v) is 4.40. The first-order chi connectivity index (χ1) is 9.74. The Morgan fingerprint density at radius 1 is 0.600 bits per heavy atom. The fourth-order valence-electron chi connectivity index (χ4n) is 2.96. The van der Waals surface area contributed by atoms with Crippen molar-refractivity contribution in [3.63, 3.8) is 0 Å². The van der Waals surface area contributed by atoms with E-state index in [1.165, 1.54) is 70.6 Å². The van der Waals surface area contributed by atoms with Crippen LogP contribution in [0.3, 0.4) is 0 Å². The summed E-state index contributed by atoms with van der Waals surface area (Å²) >= 11 is 0. The van der Waals surface area contributed by atoms with Gasteiger partial charge in [0.15, 0.2) is 0 Å². The van der Waals surface area contributed by atoms with E-state index in [-0.39, 0.29) is 5.60 Å². The molecular formula is C18H38O2. The van der Waals surface area contributed by atoms with Gasteiger partial charge in [0.1, 0.15) is 5.60 Å². The average molecular weight is 286 g/mol. The second kappa shape index (κ2) is 13.9. The van der Waals surface area contributed by atoms with Gasteiger partial charge in [-0.25, -0.2) is 4.89 Å². The van der Waals surface area contributed by atoms with Crippen molar-refractivity contribution in [3.05, 3.63) is 0 Å². The van der Waals surface area contributed by atoms with Gasteiger partial charge < -0.3 is 0 Å². The molecule has 20 heavy (non-hydrogen) atoms. The van der Waals surface area contributed by atoms with Crippen molar-refractivity contribution in [2.75, 3.05) is 0 Å². The lowest BCUT2D eigenvalue weighted by Crippen LogP contribution is -2.31. The Balaban J connectivity index is 4.20. The van der Waals surface area contributed by atoms with E-state index in [0.29, 0.717) is 0 Å². The molecule has 0 aromatic carbocycles. The van der Waals surface area contributed by atoms with E-state index in [1.54, 1.807) is 0 Å². The van der Waals surface area contributed by atoms with E-state index in [0.717, 1.165) is 19.3 Å². The van der Waals surface area contributed by atoms with Gasteiger partial charge in [0.2, 0.25) is 0 Å². The maximum absolute atomic E-state index is 9.49. The van der Waals surface area contributed by atoms with Crippen LogP contribution in [0.5, 0.6) is 0 Å². The van der Waals surface area contributed by atoms with Crippen molar-refractivity contribution in [2.45, 2.75) is 116 Å². The Labute approximate surface area is 127 Å². The van der Waals surface area contributed by atoms with Crippen LogP contribution in [0.25, 0.3) is 0 Å².